The van der Waals surface area contributed by atoms with Crippen molar-refractivity contribution in [1.29, 1.82) is 0 Å². The zero-order chi connectivity index (χ0) is 20.5. The van der Waals surface area contributed by atoms with Crippen molar-refractivity contribution in [3.8, 4) is 0 Å². The highest BCUT2D eigenvalue weighted by Gasteiger charge is 2.35. The lowest BCUT2D eigenvalue weighted by molar-refractivity contribution is -0.137. The van der Waals surface area contributed by atoms with Crippen LogP contribution in [0.15, 0.2) is 24.3 Å². The molecule has 154 valence electrons. The number of nitrogens with one attached hydrogen (secondary N) is 1. The van der Waals surface area contributed by atoms with Crippen LogP contribution >= 0.6 is 0 Å². The minimum Gasteiger partial charge on any atom is -0.384 e. The number of rotatable bonds is 6. The van der Waals surface area contributed by atoms with Crippen LogP contribution in [0.2, 0.25) is 0 Å². The van der Waals surface area contributed by atoms with Crippen LogP contribution in [0.25, 0.3) is 0 Å². The fraction of sp³-hybridized carbons (Fsp3) is 0.700. The Labute approximate surface area is 159 Å². The number of morpholine rings is 1. The molecule has 1 aliphatic heterocycles. The van der Waals surface area contributed by atoms with Crippen molar-refractivity contribution >= 4 is 0 Å². The van der Waals surface area contributed by atoms with Gasteiger partial charge in [-0.1, -0.05) is 12.1 Å². The molecule has 1 heterocycles. The minimum absolute atomic E-state index is 0.154. The summed E-state index contributed by atoms with van der Waals surface area (Å²) in [6.45, 7) is 12.3. The lowest BCUT2D eigenvalue weighted by Gasteiger charge is -2.45. The molecule has 0 radical (unpaired) electrons. The van der Waals surface area contributed by atoms with Crippen molar-refractivity contribution in [3.63, 3.8) is 0 Å². The van der Waals surface area contributed by atoms with E-state index in [9.17, 15) is 18.3 Å². The monoisotopic (exact) mass is 388 g/mol. The molecule has 0 amide bonds. The van der Waals surface area contributed by atoms with Crippen LogP contribution < -0.4 is 5.32 Å². The Kier molecular flexibility index (Phi) is 6.62. The number of nitrogens with zero attached hydrogens (tertiary/aromatic N) is 1. The average molecular weight is 388 g/mol. The molecule has 0 spiro atoms. The van der Waals surface area contributed by atoms with Gasteiger partial charge in [-0.3, -0.25) is 4.90 Å². The summed E-state index contributed by atoms with van der Waals surface area (Å²) in [7, 11) is 0. The number of aliphatic hydroxyl groups is 1. The minimum atomic E-state index is -4.43. The number of hydrogen-bond donors (Lipinski definition) is 2. The molecule has 1 aromatic rings. The molecule has 0 aliphatic carbocycles. The van der Waals surface area contributed by atoms with Gasteiger partial charge in [0.25, 0.3) is 0 Å². The summed E-state index contributed by atoms with van der Waals surface area (Å²) < 4.78 is 44.5. The second kappa shape index (κ2) is 8.07. The van der Waals surface area contributed by atoms with Gasteiger partial charge in [-0.05, 0) is 52.3 Å². The molecule has 3 unspecified atom stereocenters. The molecule has 0 saturated carbocycles. The van der Waals surface area contributed by atoms with Gasteiger partial charge >= 0.3 is 6.18 Å². The van der Waals surface area contributed by atoms with Gasteiger partial charge in [0.15, 0.2) is 0 Å². The van der Waals surface area contributed by atoms with E-state index in [4.69, 9.17) is 4.74 Å². The highest BCUT2D eigenvalue weighted by Crippen LogP contribution is 2.32. The molecule has 0 bridgehead atoms. The normalized spacial score (nSPS) is 24.6. The molecule has 3 atom stereocenters. The predicted molar refractivity (Wildman–Crippen MR) is 99.5 cm³/mol. The van der Waals surface area contributed by atoms with Crippen molar-refractivity contribution in [2.75, 3.05) is 26.2 Å². The first kappa shape index (κ1) is 22.1. The zero-order valence-electron chi connectivity index (χ0n) is 16.7. The fourth-order valence-corrected chi connectivity index (χ4v) is 3.53. The first-order valence-corrected chi connectivity index (χ1v) is 9.32. The van der Waals surface area contributed by atoms with Crippen molar-refractivity contribution in [2.45, 2.75) is 64.1 Å². The summed E-state index contributed by atoms with van der Waals surface area (Å²) in [4.78, 5) is 2.35. The molecule has 1 aromatic carbocycles. The molecule has 2 N–H and O–H groups in total. The van der Waals surface area contributed by atoms with E-state index in [1.54, 1.807) is 0 Å². The van der Waals surface area contributed by atoms with Crippen LogP contribution in [0.3, 0.4) is 0 Å². The number of alkyl halides is 3. The Morgan fingerprint density at radius 1 is 1.07 bits per heavy atom. The highest BCUT2D eigenvalue weighted by molar-refractivity contribution is 5.29. The summed E-state index contributed by atoms with van der Waals surface area (Å²) in [5.74, 6) is 0. The van der Waals surface area contributed by atoms with Gasteiger partial charge in [0, 0.05) is 31.7 Å². The Morgan fingerprint density at radius 3 is 2.19 bits per heavy atom. The topological polar surface area (TPSA) is 44.7 Å². The van der Waals surface area contributed by atoms with Crippen molar-refractivity contribution in [3.05, 3.63) is 35.4 Å². The Morgan fingerprint density at radius 2 is 1.63 bits per heavy atom. The lowest BCUT2D eigenvalue weighted by Crippen LogP contribution is -2.58. The fourth-order valence-electron chi connectivity index (χ4n) is 3.53. The molecule has 4 nitrogen and oxygen atoms in total. The molecule has 2 rings (SSSR count). The maximum absolute atomic E-state index is 12.9. The summed E-state index contributed by atoms with van der Waals surface area (Å²) in [5.41, 5.74) is -2.08. The summed E-state index contributed by atoms with van der Waals surface area (Å²) in [5, 5.41) is 13.9. The van der Waals surface area contributed by atoms with Crippen LogP contribution in [0, 0.1) is 0 Å². The third kappa shape index (κ3) is 5.91. The van der Waals surface area contributed by atoms with E-state index in [1.165, 1.54) is 19.1 Å². The highest BCUT2D eigenvalue weighted by atomic mass is 19.4. The van der Waals surface area contributed by atoms with E-state index >= 15 is 0 Å². The largest absolute Gasteiger partial charge is 0.416 e. The molecule has 1 saturated heterocycles. The van der Waals surface area contributed by atoms with E-state index in [2.05, 4.69) is 24.1 Å². The van der Waals surface area contributed by atoms with E-state index in [-0.39, 0.29) is 29.9 Å². The van der Waals surface area contributed by atoms with Gasteiger partial charge in [0.05, 0.1) is 23.4 Å². The Bertz CT molecular complexity index is 622. The SMILES string of the molecule is CC1CN(C(C)(C)CNCC(C)(O)c2cccc(C(F)(F)F)c2)CC(C)O1. The van der Waals surface area contributed by atoms with Gasteiger partial charge in [-0.15, -0.1) is 0 Å². The number of benzene rings is 1. The summed E-state index contributed by atoms with van der Waals surface area (Å²) >= 11 is 0. The summed E-state index contributed by atoms with van der Waals surface area (Å²) in [6, 6.07) is 4.87. The van der Waals surface area contributed by atoms with Gasteiger partial charge in [-0.25, -0.2) is 0 Å². The third-order valence-corrected chi connectivity index (χ3v) is 5.11. The maximum Gasteiger partial charge on any atom is 0.416 e. The van der Waals surface area contributed by atoms with E-state index in [0.717, 1.165) is 25.2 Å². The lowest BCUT2D eigenvalue weighted by atomic mass is 9.93. The first-order chi connectivity index (χ1) is 12.3. The molecule has 1 aliphatic rings. The molecule has 0 aromatic heterocycles. The zero-order valence-corrected chi connectivity index (χ0v) is 16.7. The van der Waals surface area contributed by atoms with Gasteiger partial charge in [-0.2, -0.15) is 13.2 Å². The number of ether oxygens (including phenoxy) is 1. The van der Waals surface area contributed by atoms with Crippen molar-refractivity contribution in [1.82, 2.24) is 10.2 Å². The Hall–Kier alpha value is -1.15. The second-order valence-corrected chi connectivity index (χ2v) is 8.43. The van der Waals surface area contributed by atoms with Crippen LogP contribution in [0.4, 0.5) is 13.2 Å². The number of halogens is 3. The van der Waals surface area contributed by atoms with Crippen LogP contribution in [0.5, 0.6) is 0 Å². The van der Waals surface area contributed by atoms with Crippen LogP contribution in [0.1, 0.15) is 45.7 Å². The van der Waals surface area contributed by atoms with Crippen molar-refractivity contribution in [2.24, 2.45) is 0 Å². The van der Waals surface area contributed by atoms with Gasteiger partial charge in [0.1, 0.15) is 0 Å². The predicted octanol–water partition coefficient (Wildman–Crippen LogP) is 3.39. The molecule has 27 heavy (non-hydrogen) atoms. The standard InChI is InChI=1S/C20H31F3N2O2/c1-14-10-25(11-15(2)27-14)18(3,4)12-24-13-19(5,26)16-7-6-8-17(9-16)20(21,22)23/h6-9,14-15,24,26H,10-13H2,1-5H3. The molecule has 7 heteroatoms. The van der Waals surface area contributed by atoms with E-state index < -0.39 is 17.3 Å². The van der Waals surface area contributed by atoms with Crippen LogP contribution in [-0.2, 0) is 16.5 Å². The van der Waals surface area contributed by atoms with E-state index in [1.807, 2.05) is 13.8 Å². The smallest absolute Gasteiger partial charge is 0.384 e. The molecular formula is C20H31F3N2O2. The first-order valence-electron chi connectivity index (χ1n) is 9.32. The van der Waals surface area contributed by atoms with Gasteiger partial charge in [0.2, 0.25) is 0 Å². The molecular weight excluding hydrogens is 357 g/mol. The quantitative estimate of drug-likeness (QED) is 0.784. The molecule has 1 fully saturated rings. The average Bonchev–Trinajstić information content (AvgIpc) is 2.53. The van der Waals surface area contributed by atoms with Crippen LogP contribution in [-0.4, -0.2) is 53.9 Å². The third-order valence-electron chi connectivity index (χ3n) is 5.11. The number of hydrogen-bond acceptors (Lipinski definition) is 4. The maximum atomic E-state index is 12.9. The van der Waals surface area contributed by atoms with Crippen molar-refractivity contribution < 1.29 is 23.0 Å². The second-order valence-electron chi connectivity index (χ2n) is 8.43. The van der Waals surface area contributed by atoms with E-state index in [0.29, 0.717) is 6.54 Å². The summed E-state index contributed by atoms with van der Waals surface area (Å²) in [6.07, 6.45) is -4.12. The van der Waals surface area contributed by atoms with Gasteiger partial charge < -0.3 is 15.2 Å². The Balaban J connectivity index is 1.99.